The molecule has 0 bridgehead atoms. The van der Waals surface area contributed by atoms with Crippen LogP contribution in [0.1, 0.15) is 24.5 Å². The van der Waals surface area contributed by atoms with Gasteiger partial charge in [0, 0.05) is 0 Å². The van der Waals surface area contributed by atoms with E-state index in [-0.39, 0.29) is 60.5 Å². The smallest absolute Gasteiger partial charge is 1.00 e. The molecular weight excluding hydrogens is 541 g/mol. The standard InChI is InChI=1S/C13H9.C12H11Si.C3H8N.2ClH.Zr/c1-3-7-12-10(5-1)9-11-6-2-4-8-13(11)12;1-3-7-11(8-4-1)13-12-9-5-2-6-10-12;1-2-3-4;;;/h1-5,7-8H,9H2;1-10,13H;4H,2-3H2,1H3;2*1H;/q-1;;-1;;;+4/p-2. The molecule has 167 valence electrons. The summed E-state index contributed by atoms with van der Waals surface area (Å²) in [6, 6.07) is 39.4. The monoisotopic (exact) mass is 566 g/mol. The number of hydrogen-bond donors (Lipinski definition) is 0. The van der Waals surface area contributed by atoms with Crippen molar-refractivity contribution < 1.29 is 51.0 Å². The van der Waals surface area contributed by atoms with Gasteiger partial charge in [-0.15, -0.1) is 5.56 Å². The summed E-state index contributed by atoms with van der Waals surface area (Å²) in [6.45, 7) is 2.56. The molecule has 33 heavy (non-hydrogen) atoms. The minimum atomic E-state index is 0. The number of hydrogen-bond acceptors (Lipinski definition) is 0. The minimum absolute atomic E-state index is 0. The van der Waals surface area contributed by atoms with Gasteiger partial charge in [0.1, 0.15) is 9.52 Å². The minimum Gasteiger partial charge on any atom is -1.00 e. The molecular formula is C28H28Cl2NSiZr. The SMILES string of the molecule is CCC[NH-].[Cl-].[Cl-].[Zr+4].[c-]1cccc2c1Cc1ccccc1-2.c1ccc([SiH]c2ccccc2)cc1. The van der Waals surface area contributed by atoms with Gasteiger partial charge in [0.25, 0.3) is 0 Å². The number of benzene rings is 4. The Morgan fingerprint density at radius 1 is 0.727 bits per heavy atom. The number of rotatable bonds is 3. The second-order valence-electron chi connectivity index (χ2n) is 7.11. The second kappa shape index (κ2) is 17.9. The van der Waals surface area contributed by atoms with E-state index in [1.807, 2.05) is 13.0 Å². The first-order valence-corrected chi connectivity index (χ1v) is 11.6. The molecule has 1 nitrogen and oxygen atoms in total. The van der Waals surface area contributed by atoms with E-state index in [0.717, 1.165) is 12.8 Å². The predicted molar refractivity (Wildman–Crippen MR) is 132 cm³/mol. The van der Waals surface area contributed by atoms with Crippen LogP contribution in [0.5, 0.6) is 0 Å². The van der Waals surface area contributed by atoms with Gasteiger partial charge < -0.3 is 30.5 Å². The molecule has 0 aliphatic heterocycles. The molecule has 1 N–H and O–H groups in total. The van der Waals surface area contributed by atoms with Gasteiger partial charge in [0.15, 0.2) is 0 Å². The van der Waals surface area contributed by atoms with Crippen molar-refractivity contribution >= 4 is 19.9 Å². The summed E-state index contributed by atoms with van der Waals surface area (Å²) in [5, 5.41) is 2.90. The normalized spacial score (nSPS) is 9.64. The van der Waals surface area contributed by atoms with Crippen molar-refractivity contribution in [1.82, 2.24) is 0 Å². The Hall–Kier alpha value is -1.48. The zero-order valence-electron chi connectivity index (χ0n) is 18.8. The average Bonchev–Trinajstić information content (AvgIpc) is 3.20. The Labute approximate surface area is 233 Å². The maximum atomic E-state index is 6.45. The van der Waals surface area contributed by atoms with E-state index in [1.54, 1.807) is 0 Å². The Bertz CT molecular complexity index is 947. The molecule has 5 rings (SSSR count). The average molecular weight is 569 g/mol. The summed E-state index contributed by atoms with van der Waals surface area (Å²) in [6.07, 6.45) is 2.03. The number of halogens is 2. The summed E-state index contributed by atoms with van der Waals surface area (Å²) in [4.78, 5) is 0. The van der Waals surface area contributed by atoms with Gasteiger partial charge in [-0.3, -0.25) is 0 Å². The first-order valence-electron chi connectivity index (χ1n) is 10.5. The van der Waals surface area contributed by atoms with Crippen LogP contribution in [0, 0.1) is 6.07 Å². The maximum Gasteiger partial charge on any atom is 4.00 e. The Morgan fingerprint density at radius 3 is 1.76 bits per heavy atom. The van der Waals surface area contributed by atoms with Crippen LogP contribution < -0.4 is 35.2 Å². The van der Waals surface area contributed by atoms with Gasteiger partial charge >= 0.3 is 26.2 Å². The zero-order chi connectivity index (χ0) is 21.0. The van der Waals surface area contributed by atoms with Crippen LogP contribution in [0.25, 0.3) is 16.9 Å². The molecule has 5 heteroatoms. The van der Waals surface area contributed by atoms with Gasteiger partial charge in [0.05, 0.1) is 0 Å². The third-order valence-corrected chi connectivity index (χ3v) is 6.24. The summed E-state index contributed by atoms with van der Waals surface area (Å²) in [5.74, 6) is 0. The zero-order valence-corrected chi connectivity index (χ0v) is 23.9. The van der Waals surface area contributed by atoms with Gasteiger partial charge in [-0.2, -0.15) is 36.4 Å². The molecule has 0 aromatic heterocycles. The summed E-state index contributed by atoms with van der Waals surface area (Å²) in [7, 11) is 0.271. The molecule has 0 amide bonds. The first kappa shape index (κ1) is 31.5. The molecule has 1 radical (unpaired) electrons. The number of fused-ring (bicyclic) bond motifs is 3. The van der Waals surface area contributed by atoms with Crippen molar-refractivity contribution in [3.8, 4) is 11.1 Å². The molecule has 0 saturated carbocycles. The van der Waals surface area contributed by atoms with Crippen molar-refractivity contribution in [2.45, 2.75) is 19.8 Å². The van der Waals surface area contributed by atoms with Crippen molar-refractivity contribution in [3.05, 3.63) is 126 Å². The third kappa shape index (κ3) is 10.1. The predicted octanol–water partition coefficient (Wildman–Crippen LogP) is -0.414. The maximum absolute atomic E-state index is 6.45. The van der Waals surface area contributed by atoms with Gasteiger partial charge in [-0.05, 0) is 6.42 Å². The fraction of sp³-hybridized carbons (Fsp3) is 0.143. The van der Waals surface area contributed by atoms with Crippen molar-refractivity contribution in [2.75, 3.05) is 6.54 Å². The van der Waals surface area contributed by atoms with Gasteiger partial charge in [-0.25, -0.2) is 0 Å². The van der Waals surface area contributed by atoms with Crippen LogP contribution in [0.15, 0.2) is 103 Å². The van der Waals surface area contributed by atoms with Gasteiger partial charge in [0.2, 0.25) is 0 Å². The van der Waals surface area contributed by atoms with Crippen LogP contribution in [0.2, 0.25) is 0 Å². The molecule has 0 unspecified atom stereocenters. The number of nitrogens with one attached hydrogen (secondary N) is 1. The molecule has 0 spiro atoms. The van der Waals surface area contributed by atoms with E-state index >= 15 is 0 Å². The third-order valence-electron chi connectivity index (χ3n) is 4.80. The van der Waals surface area contributed by atoms with Crippen molar-refractivity contribution in [3.63, 3.8) is 0 Å². The van der Waals surface area contributed by atoms with E-state index in [1.165, 1.54) is 32.6 Å². The van der Waals surface area contributed by atoms with E-state index in [2.05, 4.69) is 103 Å². The van der Waals surface area contributed by atoms with Crippen molar-refractivity contribution in [2.24, 2.45) is 0 Å². The second-order valence-corrected chi connectivity index (χ2v) is 8.73. The summed E-state index contributed by atoms with van der Waals surface area (Å²) in [5.41, 5.74) is 12.0. The quantitative estimate of drug-likeness (QED) is 0.209. The largest absolute Gasteiger partial charge is 4.00 e. The Balaban J connectivity index is 0.000000497. The Kier molecular flexibility index (Phi) is 17.1. The molecule has 0 saturated heterocycles. The van der Waals surface area contributed by atoms with Gasteiger partial charge in [-0.1, -0.05) is 120 Å². The molecule has 1 aliphatic carbocycles. The van der Waals surface area contributed by atoms with Crippen LogP contribution in [0.4, 0.5) is 0 Å². The molecule has 1 aliphatic rings. The molecule has 4 aromatic rings. The van der Waals surface area contributed by atoms with E-state index < -0.39 is 0 Å². The van der Waals surface area contributed by atoms with Crippen LogP contribution in [-0.4, -0.2) is 16.1 Å². The topological polar surface area (TPSA) is 23.8 Å². The fourth-order valence-corrected chi connectivity index (χ4v) is 4.50. The molecule has 0 atom stereocenters. The van der Waals surface area contributed by atoms with Crippen LogP contribution >= 0.6 is 0 Å². The van der Waals surface area contributed by atoms with E-state index in [0.29, 0.717) is 6.54 Å². The van der Waals surface area contributed by atoms with E-state index in [9.17, 15) is 0 Å². The summed E-state index contributed by atoms with van der Waals surface area (Å²) < 4.78 is 0. The van der Waals surface area contributed by atoms with Crippen molar-refractivity contribution in [1.29, 1.82) is 0 Å². The Morgan fingerprint density at radius 2 is 1.21 bits per heavy atom. The fourth-order valence-electron chi connectivity index (χ4n) is 3.29. The molecule has 4 aromatic carbocycles. The molecule has 0 heterocycles. The van der Waals surface area contributed by atoms with E-state index in [4.69, 9.17) is 5.73 Å². The molecule has 0 fully saturated rings. The van der Waals surface area contributed by atoms with Crippen LogP contribution in [-0.2, 0) is 32.6 Å². The first-order chi connectivity index (χ1) is 14.8. The summed E-state index contributed by atoms with van der Waals surface area (Å²) >= 11 is 0. The van der Waals surface area contributed by atoms with Crippen LogP contribution in [0.3, 0.4) is 0 Å².